The molecule has 14 heteroatoms. The largest absolute Gasteiger partial charge is 0.443 e. The Bertz CT molecular complexity index is 1710. The first-order chi connectivity index (χ1) is 20.3. The molecular formula is C29H34F2N8O4. The molecule has 1 spiro atoms. The second-order valence-electron chi connectivity index (χ2n) is 12.4. The van der Waals surface area contributed by atoms with Crippen molar-refractivity contribution in [3.05, 3.63) is 35.9 Å². The summed E-state index contributed by atoms with van der Waals surface area (Å²) in [6.45, 7) is 7.85. The van der Waals surface area contributed by atoms with Crippen molar-refractivity contribution in [3.8, 4) is 11.8 Å². The van der Waals surface area contributed by atoms with Crippen LogP contribution in [0.25, 0.3) is 21.9 Å². The van der Waals surface area contributed by atoms with E-state index in [4.69, 9.17) is 15.2 Å². The van der Waals surface area contributed by atoms with Gasteiger partial charge in [-0.2, -0.15) is 9.97 Å². The number of aromatic amines is 1. The number of nitrogens with one attached hydrogen (secondary N) is 1. The van der Waals surface area contributed by atoms with Crippen molar-refractivity contribution >= 4 is 39.5 Å². The quantitative estimate of drug-likeness (QED) is 0.295. The first kappa shape index (κ1) is 28.9. The van der Waals surface area contributed by atoms with E-state index in [9.17, 15) is 9.90 Å². The highest BCUT2D eigenvalue weighted by molar-refractivity contribution is 6.16. The molecule has 1 aliphatic heterocycles. The lowest BCUT2D eigenvalue weighted by Gasteiger charge is -2.51. The number of carbonyl (C=O) groups excluding carboxylic acids is 1. The van der Waals surface area contributed by atoms with Gasteiger partial charge in [-0.3, -0.25) is 4.90 Å². The number of carbonyl (C=O) groups is 1. The molecule has 43 heavy (non-hydrogen) atoms. The van der Waals surface area contributed by atoms with Crippen LogP contribution in [0.3, 0.4) is 0 Å². The molecule has 2 fully saturated rings. The molecule has 4 aromatic rings. The van der Waals surface area contributed by atoms with Gasteiger partial charge >= 0.3 is 12.1 Å². The third kappa shape index (κ3) is 5.07. The normalized spacial score (nSPS) is 18.7. The molecular weight excluding hydrogens is 562 g/mol. The maximum Gasteiger partial charge on any atom is 0.414 e. The molecule has 1 aliphatic carbocycles. The summed E-state index contributed by atoms with van der Waals surface area (Å²) in [7, 11) is 1.42. The Morgan fingerprint density at radius 3 is 2.53 bits per heavy atom. The van der Waals surface area contributed by atoms with E-state index in [1.807, 2.05) is 4.90 Å². The molecule has 3 aromatic heterocycles. The lowest BCUT2D eigenvalue weighted by atomic mass is 9.75. The molecule has 12 nitrogen and oxygen atoms in total. The van der Waals surface area contributed by atoms with Crippen molar-refractivity contribution < 1.29 is 28.2 Å². The molecule has 2 unspecified atom stereocenters. The van der Waals surface area contributed by atoms with Crippen LogP contribution < -0.4 is 20.3 Å². The number of rotatable bonds is 5. The minimum atomic E-state index is -1.14. The number of fused-ring (bicyclic) bond motifs is 3. The number of anilines is 2. The van der Waals surface area contributed by atoms with Crippen LogP contribution in [-0.2, 0) is 4.74 Å². The van der Waals surface area contributed by atoms with Crippen LogP contribution in [0.5, 0.6) is 11.8 Å². The molecule has 1 aromatic carbocycles. The Labute approximate surface area is 246 Å². The Morgan fingerprint density at radius 2 is 1.93 bits per heavy atom. The lowest BCUT2D eigenvalue weighted by Crippen LogP contribution is -2.62. The maximum absolute atomic E-state index is 15.7. The first-order valence-electron chi connectivity index (χ1n) is 14.1. The predicted molar refractivity (Wildman–Crippen MR) is 155 cm³/mol. The molecule has 2 atom stereocenters. The van der Waals surface area contributed by atoms with E-state index in [0.717, 1.165) is 30.2 Å². The van der Waals surface area contributed by atoms with Gasteiger partial charge in [-0.25, -0.2) is 23.5 Å². The number of nitrogens with zero attached hydrogens (tertiary/aromatic N) is 6. The predicted octanol–water partition coefficient (Wildman–Crippen LogP) is 4.71. The molecule has 6 rings (SSSR count). The van der Waals surface area contributed by atoms with Crippen LogP contribution in [0.4, 0.5) is 25.1 Å². The van der Waals surface area contributed by atoms with Gasteiger partial charge < -0.3 is 30.2 Å². The summed E-state index contributed by atoms with van der Waals surface area (Å²) in [5, 5.41) is 9.88. The van der Waals surface area contributed by atoms with Crippen molar-refractivity contribution in [3.63, 3.8) is 0 Å². The van der Waals surface area contributed by atoms with E-state index < -0.39 is 29.4 Å². The van der Waals surface area contributed by atoms with Crippen molar-refractivity contribution in [2.75, 3.05) is 29.9 Å². The highest BCUT2D eigenvalue weighted by Gasteiger charge is 2.51. The number of amides is 1. The summed E-state index contributed by atoms with van der Waals surface area (Å²) in [4.78, 5) is 36.4. The van der Waals surface area contributed by atoms with E-state index >= 15 is 8.78 Å². The molecule has 228 valence electrons. The number of halogens is 2. The molecule has 0 bridgehead atoms. The fraction of sp³-hybridized carbons (Fsp3) is 0.483. The van der Waals surface area contributed by atoms with Gasteiger partial charge in [0.2, 0.25) is 0 Å². The minimum Gasteiger partial charge on any atom is -0.443 e. The van der Waals surface area contributed by atoms with Gasteiger partial charge in [0.25, 0.3) is 0 Å². The maximum atomic E-state index is 15.7. The molecule has 4 heterocycles. The zero-order valence-corrected chi connectivity index (χ0v) is 24.6. The monoisotopic (exact) mass is 596 g/mol. The van der Waals surface area contributed by atoms with Crippen LogP contribution in [0.15, 0.2) is 18.5 Å². The average Bonchev–Trinajstić information content (AvgIpc) is 3.49. The zero-order chi connectivity index (χ0) is 30.8. The van der Waals surface area contributed by atoms with E-state index in [1.165, 1.54) is 19.4 Å². The van der Waals surface area contributed by atoms with Crippen LogP contribution in [-0.4, -0.2) is 67.9 Å². The molecule has 4 N–H and O–H groups in total. The standard InChI is InChI=1S/C29H34F2N8O4/c1-14(40)23-33-10-15(11-34-23)42-26-36-24-20(25(37-26)39-12-29(13-39)8-6-7-18(29)32)19-21(31)16(30)9-17(22(19)35-24)38(5)27(41)43-28(2,3)4/h9-11,14,18,40H,6-8,12-13,32H2,1-5H3,(H,35,36,37). The molecule has 1 saturated carbocycles. The fourth-order valence-corrected chi connectivity index (χ4v) is 5.93. The van der Waals surface area contributed by atoms with Crippen molar-refractivity contribution in [2.24, 2.45) is 11.1 Å². The molecule has 1 saturated heterocycles. The number of aliphatic hydroxyl groups excluding tert-OH is 1. The summed E-state index contributed by atoms with van der Waals surface area (Å²) >= 11 is 0. The summed E-state index contributed by atoms with van der Waals surface area (Å²) in [6.07, 6.45) is 4.09. The van der Waals surface area contributed by atoms with Crippen LogP contribution >= 0.6 is 0 Å². The summed E-state index contributed by atoms with van der Waals surface area (Å²) < 4.78 is 42.2. The van der Waals surface area contributed by atoms with Crippen LogP contribution in [0.2, 0.25) is 0 Å². The Morgan fingerprint density at radius 1 is 1.23 bits per heavy atom. The summed E-state index contributed by atoms with van der Waals surface area (Å²) in [6, 6.07) is 0.897. The SMILES string of the molecule is CC(O)c1ncc(Oc2nc(N3CC4(CCCC4N)C3)c3c(n2)[nH]c2c(N(C)C(=O)OC(C)(C)C)cc(F)c(F)c23)cn1. The van der Waals surface area contributed by atoms with Gasteiger partial charge in [-0.1, -0.05) is 6.42 Å². The number of hydrogen-bond donors (Lipinski definition) is 3. The summed E-state index contributed by atoms with van der Waals surface area (Å²) in [5.74, 6) is -1.47. The van der Waals surface area contributed by atoms with E-state index in [-0.39, 0.29) is 56.7 Å². The third-order valence-corrected chi connectivity index (χ3v) is 8.11. The smallest absolute Gasteiger partial charge is 0.414 e. The van der Waals surface area contributed by atoms with Gasteiger partial charge in [0.1, 0.15) is 23.2 Å². The number of ether oxygens (including phenoxy) is 2. The average molecular weight is 597 g/mol. The minimum absolute atomic E-state index is 0.0348. The number of aliphatic hydroxyl groups is 1. The summed E-state index contributed by atoms with van der Waals surface area (Å²) in [5.41, 5.74) is 5.95. The van der Waals surface area contributed by atoms with Gasteiger partial charge in [-0.05, 0) is 40.5 Å². The Hall–Kier alpha value is -4.17. The van der Waals surface area contributed by atoms with E-state index in [1.54, 1.807) is 27.7 Å². The Balaban J connectivity index is 1.49. The molecule has 0 radical (unpaired) electrons. The van der Waals surface area contributed by atoms with Crippen LogP contribution in [0.1, 0.15) is 58.9 Å². The van der Waals surface area contributed by atoms with Crippen molar-refractivity contribution in [1.29, 1.82) is 0 Å². The van der Waals surface area contributed by atoms with E-state index in [2.05, 4.69) is 24.9 Å². The number of H-pyrrole nitrogens is 1. The molecule has 2 aliphatic rings. The lowest BCUT2D eigenvalue weighted by molar-refractivity contribution is 0.0589. The molecule has 1 amide bonds. The highest BCUT2D eigenvalue weighted by Crippen LogP contribution is 2.49. The number of hydrogen-bond acceptors (Lipinski definition) is 10. The highest BCUT2D eigenvalue weighted by atomic mass is 19.2. The van der Waals surface area contributed by atoms with Crippen LogP contribution in [0, 0.1) is 17.0 Å². The van der Waals surface area contributed by atoms with Gasteiger partial charge in [0.05, 0.1) is 34.4 Å². The van der Waals surface area contributed by atoms with Gasteiger partial charge in [-0.15, -0.1) is 0 Å². The Kier molecular flexibility index (Phi) is 6.88. The number of benzene rings is 1. The zero-order valence-electron chi connectivity index (χ0n) is 24.6. The van der Waals surface area contributed by atoms with Crippen molar-refractivity contribution in [1.82, 2.24) is 24.9 Å². The first-order valence-corrected chi connectivity index (χ1v) is 14.1. The van der Waals surface area contributed by atoms with Crippen molar-refractivity contribution in [2.45, 2.75) is 64.7 Å². The second kappa shape index (κ2) is 10.2. The second-order valence-corrected chi connectivity index (χ2v) is 12.4. The van der Waals surface area contributed by atoms with Gasteiger partial charge in [0.15, 0.2) is 23.2 Å². The number of aromatic nitrogens is 5. The third-order valence-electron chi connectivity index (χ3n) is 8.11. The topological polar surface area (TPSA) is 156 Å². The van der Waals surface area contributed by atoms with Gasteiger partial charge in [0, 0.05) is 37.7 Å². The number of nitrogens with two attached hydrogens (primary N) is 1. The van der Waals surface area contributed by atoms with E-state index in [0.29, 0.717) is 18.9 Å². The fourth-order valence-electron chi connectivity index (χ4n) is 5.93.